The molecule has 4 aromatic carbocycles. The summed E-state index contributed by atoms with van der Waals surface area (Å²) in [6.07, 6.45) is 0. The summed E-state index contributed by atoms with van der Waals surface area (Å²) in [5, 5.41) is 22.0. The van der Waals surface area contributed by atoms with E-state index in [9.17, 15) is 14.7 Å². The fourth-order valence-corrected chi connectivity index (χ4v) is 3.50. The lowest BCUT2D eigenvalue weighted by Gasteiger charge is -2.12. The van der Waals surface area contributed by atoms with Crippen LogP contribution in [0.4, 0.5) is 0 Å². The van der Waals surface area contributed by atoms with E-state index in [1.807, 2.05) is 6.92 Å². The van der Waals surface area contributed by atoms with Crippen molar-refractivity contribution in [3.63, 3.8) is 0 Å². The minimum absolute atomic E-state index is 0.0261. The lowest BCUT2D eigenvalue weighted by molar-refractivity contribution is 0.0694. The minimum atomic E-state index is -0.994. The number of ether oxygens (including phenoxy) is 2. The van der Waals surface area contributed by atoms with Crippen molar-refractivity contribution in [3.8, 4) is 17.2 Å². The van der Waals surface area contributed by atoms with E-state index >= 15 is 0 Å². The Morgan fingerprint density at radius 3 is 2.20 bits per heavy atom. The molecule has 0 aliphatic heterocycles. The highest BCUT2D eigenvalue weighted by Crippen LogP contribution is 2.35. The van der Waals surface area contributed by atoms with Gasteiger partial charge in [-0.3, -0.25) is 0 Å². The van der Waals surface area contributed by atoms with Crippen molar-refractivity contribution in [2.45, 2.75) is 6.92 Å². The molecule has 150 valence electrons. The maximum Gasteiger partial charge on any atom is 0.343 e. The Labute approximate surface area is 171 Å². The molecule has 0 aromatic heterocycles. The summed E-state index contributed by atoms with van der Waals surface area (Å²) >= 11 is 0. The molecule has 2 N–H and O–H groups in total. The van der Waals surface area contributed by atoms with Crippen molar-refractivity contribution in [3.05, 3.63) is 77.4 Å². The molecule has 0 saturated carbocycles. The fraction of sp³-hybridized carbons (Fsp3) is 0.0833. The van der Waals surface area contributed by atoms with Crippen molar-refractivity contribution in [2.24, 2.45) is 0 Å². The topological polar surface area (TPSA) is 93.1 Å². The number of carbonyl (C=O) groups is 2. The molecule has 0 spiro atoms. The molecule has 0 unspecified atom stereocenters. The number of hydrogen-bond donors (Lipinski definition) is 2. The first-order valence-corrected chi connectivity index (χ1v) is 9.17. The molecule has 4 rings (SSSR count). The van der Waals surface area contributed by atoms with Crippen molar-refractivity contribution in [1.82, 2.24) is 0 Å². The van der Waals surface area contributed by atoms with E-state index in [4.69, 9.17) is 14.6 Å². The van der Waals surface area contributed by atoms with E-state index in [1.165, 1.54) is 19.2 Å². The molecule has 0 atom stereocenters. The molecule has 0 fully saturated rings. The summed E-state index contributed by atoms with van der Waals surface area (Å²) < 4.78 is 10.8. The molecular weight excluding hydrogens is 384 g/mol. The fourth-order valence-electron chi connectivity index (χ4n) is 3.50. The summed E-state index contributed by atoms with van der Waals surface area (Å²) in [6.45, 7) is 1.82. The molecule has 0 heterocycles. The predicted molar refractivity (Wildman–Crippen MR) is 113 cm³/mol. The number of aromatic carboxylic acids is 1. The van der Waals surface area contributed by atoms with E-state index in [-0.39, 0.29) is 11.3 Å². The van der Waals surface area contributed by atoms with Crippen molar-refractivity contribution in [1.29, 1.82) is 0 Å². The van der Waals surface area contributed by atoms with Crippen molar-refractivity contribution < 1.29 is 29.3 Å². The van der Waals surface area contributed by atoms with Crippen LogP contribution in [0.5, 0.6) is 17.2 Å². The zero-order valence-corrected chi connectivity index (χ0v) is 16.3. The lowest BCUT2D eigenvalue weighted by Crippen LogP contribution is -2.09. The summed E-state index contributed by atoms with van der Waals surface area (Å²) in [7, 11) is 1.47. The molecule has 4 aromatic rings. The van der Waals surface area contributed by atoms with Gasteiger partial charge in [0.05, 0.1) is 18.2 Å². The van der Waals surface area contributed by atoms with Crippen LogP contribution in [0.2, 0.25) is 0 Å². The monoisotopic (exact) mass is 402 g/mol. The maximum atomic E-state index is 12.7. The molecule has 0 bridgehead atoms. The number of aryl methyl sites for hydroxylation is 1. The average molecular weight is 402 g/mol. The van der Waals surface area contributed by atoms with Crippen molar-refractivity contribution in [2.75, 3.05) is 7.11 Å². The molecule has 0 aliphatic carbocycles. The van der Waals surface area contributed by atoms with E-state index in [0.29, 0.717) is 22.4 Å². The van der Waals surface area contributed by atoms with Crippen LogP contribution in [-0.2, 0) is 0 Å². The van der Waals surface area contributed by atoms with Crippen molar-refractivity contribution >= 4 is 33.5 Å². The smallest absolute Gasteiger partial charge is 0.343 e. The van der Waals surface area contributed by atoms with Gasteiger partial charge in [-0.2, -0.15) is 0 Å². The Balaban J connectivity index is 1.67. The highest BCUT2D eigenvalue weighted by molar-refractivity contribution is 6.00. The average Bonchev–Trinajstić information content (AvgIpc) is 2.75. The third-order valence-corrected chi connectivity index (χ3v) is 5.08. The largest absolute Gasteiger partial charge is 0.504 e. The molecule has 0 amide bonds. The second-order valence-corrected chi connectivity index (χ2v) is 6.87. The standard InChI is InChI=1S/C24H18O6/c1-13-18-7-3-16(23(26)27)11-14(18)6-10-21(13)30-24(28)17-4-8-19-15(12-17)5-9-20(25)22(19)29-2/h3-12,25H,1-2H3,(H,26,27). The zero-order valence-electron chi connectivity index (χ0n) is 16.3. The lowest BCUT2D eigenvalue weighted by atomic mass is 10.0. The molecule has 6 heteroatoms. The first kappa shape index (κ1) is 19.3. The van der Waals surface area contributed by atoms with Gasteiger partial charge in [0, 0.05) is 5.39 Å². The molecule has 30 heavy (non-hydrogen) atoms. The predicted octanol–water partition coefficient (Wildman–Crippen LogP) is 4.93. The van der Waals surface area contributed by atoms with E-state index in [2.05, 4.69) is 0 Å². The van der Waals surface area contributed by atoms with Crippen LogP contribution in [0, 0.1) is 6.92 Å². The number of aromatic hydroxyl groups is 1. The summed E-state index contributed by atoms with van der Waals surface area (Å²) in [4.78, 5) is 23.9. The second-order valence-electron chi connectivity index (χ2n) is 6.87. The first-order chi connectivity index (χ1) is 14.4. The third-order valence-electron chi connectivity index (χ3n) is 5.08. The number of benzene rings is 4. The Bertz CT molecular complexity index is 1320. The van der Waals surface area contributed by atoms with Crippen LogP contribution in [0.1, 0.15) is 26.3 Å². The number of hydrogen-bond acceptors (Lipinski definition) is 5. The molecule has 6 nitrogen and oxygen atoms in total. The number of carbonyl (C=O) groups excluding carboxylic acids is 1. The van der Waals surface area contributed by atoms with Crippen LogP contribution < -0.4 is 9.47 Å². The Morgan fingerprint density at radius 1 is 0.833 bits per heavy atom. The molecular formula is C24H18O6. The van der Waals surface area contributed by atoms with E-state index < -0.39 is 11.9 Å². The third kappa shape index (κ3) is 3.28. The number of esters is 1. The van der Waals surface area contributed by atoms with Gasteiger partial charge in [0.1, 0.15) is 5.75 Å². The number of carboxylic acid groups (broad SMARTS) is 1. The van der Waals surface area contributed by atoms with Gasteiger partial charge in [0.15, 0.2) is 11.5 Å². The Morgan fingerprint density at radius 2 is 1.47 bits per heavy atom. The van der Waals surface area contributed by atoms with Gasteiger partial charge in [-0.1, -0.05) is 18.2 Å². The summed E-state index contributed by atoms with van der Waals surface area (Å²) in [6, 6.07) is 16.4. The van der Waals surface area contributed by atoms with Crippen LogP contribution >= 0.6 is 0 Å². The molecule has 0 radical (unpaired) electrons. The minimum Gasteiger partial charge on any atom is -0.504 e. The summed E-state index contributed by atoms with van der Waals surface area (Å²) in [5.74, 6) is -0.740. The number of phenols is 1. The number of fused-ring (bicyclic) bond motifs is 2. The van der Waals surface area contributed by atoms with Gasteiger partial charge in [-0.25, -0.2) is 9.59 Å². The summed E-state index contributed by atoms with van der Waals surface area (Å²) in [5.41, 5.74) is 1.30. The normalized spacial score (nSPS) is 10.9. The number of rotatable bonds is 4. The molecule has 0 saturated heterocycles. The second kappa shape index (κ2) is 7.40. The van der Waals surface area contributed by atoms with Crippen LogP contribution in [-0.4, -0.2) is 29.3 Å². The van der Waals surface area contributed by atoms with Gasteiger partial charge in [-0.15, -0.1) is 0 Å². The van der Waals surface area contributed by atoms with E-state index in [1.54, 1.807) is 48.5 Å². The maximum absolute atomic E-state index is 12.7. The number of carboxylic acids is 1. The van der Waals surface area contributed by atoms with Crippen LogP contribution in [0.15, 0.2) is 60.7 Å². The number of methoxy groups -OCH3 is 1. The highest BCUT2D eigenvalue weighted by atomic mass is 16.5. The first-order valence-electron chi connectivity index (χ1n) is 9.17. The van der Waals surface area contributed by atoms with Crippen LogP contribution in [0.25, 0.3) is 21.5 Å². The SMILES string of the molecule is COc1c(O)ccc2cc(C(=O)Oc3ccc4cc(C(=O)O)ccc4c3C)ccc12. The highest BCUT2D eigenvalue weighted by Gasteiger charge is 2.15. The quantitative estimate of drug-likeness (QED) is 0.371. The van der Waals surface area contributed by atoms with Gasteiger partial charge < -0.3 is 19.7 Å². The van der Waals surface area contributed by atoms with Crippen LogP contribution in [0.3, 0.4) is 0 Å². The number of phenolic OH excluding ortho intramolecular Hbond substituents is 1. The van der Waals surface area contributed by atoms with Gasteiger partial charge in [0.2, 0.25) is 0 Å². The van der Waals surface area contributed by atoms with Gasteiger partial charge in [-0.05, 0) is 71.1 Å². The van der Waals surface area contributed by atoms with Gasteiger partial charge >= 0.3 is 11.9 Å². The Hall–Kier alpha value is -4.06. The zero-order chi connectivity index (χ0) is 21.4. The van der Waals surface area contributed by atoms with Gasteiger partial charge in [0.25, 0.3) is 0 Å². The molecule has 0 aliphatic rings. The van der Waals surface area contributed by atoms with E-state index in [0.717, 1.165) is 21.7 Å². The Kier molecular flexibility index (Phi) is 4.75.